The molecule has 1 aromatic rings. The first-order valence-corrected chi connectivity index (χ1v) is 4.73. The Morgan fingerprint density at radius 2 is 2.00 bits per heavy atom. The van der Waals surface area contributed by atoms with Gasteiger partial charge in [-0.05, 0) is 37.0 Å². The molecule has 1 aliphatic rings. The predicted molar refractivity (Wildman–Crippen MR) is 49.0 cm³/mol. The minimum absolute atomic E-state index is 0.283. The van der Waals surface area contributed by atoms with Crippen LogP contribution in [0.25, 0.3) is 0 Å². The first-order chi connectivity index (χ1) is 6.74. The molecule has 1 aromatic carbocycles. The minimum atomic E-state index is -0.354. The number of fused-ring (bicyclic) bond motifs is 1. The van der Waals surface area contributed by atoms with Crippen molar-refractivity contribution in [2.75, 3.05) is 7.11 Å². The Hall–Kier alpha value is -0.960. The summed E-state index contributed by atoms with van der Waals surface area (Å²) in [4.78, 5) is 0. The van der Waals surface area contributed by atoms with Gasteiger partial charge in [-0.1, -0.05) is 0 Å². The molecule has 0 fully saturated rings. The molecular weight excluding hydrogens is 186 g/mol. The third kappa shape index (κ3) is 1.42. The highest BCUT2D eigenvalue weighted by atomic mass is 19.1. The second-order valence-electron chi connectivity index (χ2n) is 3.54. The normalized spacial score (nSPS) is 20.6. The molecule has 0 aromatic heterocycles. The molecule has 1 atom stereocenters. The Morgan fingerprint density at radius 3 is 2.71 bits per heavy atom. The Morgan fingerprint density at radius 1 is 1.29 bits per heavy atom. The van der Waals surface area contributed by atoms with Crippen molar-refractivity contribution in [1.29, 1.82) is 0 Å². The van der Waals surface area contributed by atoms with Crippen molar-refractivity contribution in [2.24, 2.45) is 0 Å². The summed E-state index contributed by atoms with van der Waals surface area (Å²) in [6.45, 7) is 0. The molecule has 0 N–H and O–H groups in total. The van der Waals surface area contributed by atoms with Crippen LogP contribution < -0.4 is 0 Å². The van der Waals surface area contributed by atoms with E-state index in [1.165, 1.54) is 19.2 Å². The van der Waals surface area contributed by atoms with E-state index in [0.717, 1.165) is 12.8 Å². The van der Waals surface area contributed by atoms with Gasteiger partial charge in [0.1, 0.15) is 11.6 Å². The lowest BCUT2D eigenvalue weighted by atomic mass is 9.88. The van der Waals surface area contributed by atoms with Crippen molar-refractivity contribution in [3.63, 3.8) is 0 Å². The fourth-order valence-electron chi connectivity index (χ4n) is 2.06. The van der Waals surface area contributed by atoms with Gasteiger partial charge in [0.2, 0.25) is 0 Å². The first-order valence-electron chi connectivity index (χ1n) is 4.73. The Bertz CT molecular complexity index is 349. The molecule has 0 saturated carbocycles. The average Bonchev–Trinajstić information content (AvgIpc) is 2.23. The molecule has 76 valence electrons. The van der Waals surface area contributed by atoms with Gasteiger partial charge < -0.3 is 4.74 Å². The highest BCUT2D eigenvalue weighted by molar-refractivity contribution is 5.34. The number of halogens is 2. The molecule has 0 heterocycles. The van der Waals surface area contributed by atoms with E-state index in [1.54, 1.807) is 0 Å². The molecule has 3 heteroatoms. The van der Waals surface area contributed by atoms with Crippen LogP contribution in [0.15, 0.2) is 12.1 Å². The monoisotopic (exact) mass is 198 g/mol. The van der Waals surface area contributed by atoms with Gasteiger partial charge in [-0.2, -0.15) is 0 Å². The Kier molecular flexibility index (Phi) is 2.50. The van der Waals surface area contributed by atoms with Crippen LogP contribution in [-0.4, -0.2) is 7.11 Å². The Labute approximate surface area is 81.7 Å². The van der Waals surface area contributed by atoms with E-state index < -0.39 is 0 Å². The van der Waals surface area contributed by atoms with Crippen LogP contribution in [-0.2, 0) is 11.2 Å². The van der Waals surface area contributed by atoms with Crippen molar-refractivity contribution in [3.05, 3.63) is 34.9 Å². The predicted octanol–water partition coefficient (Wildman–Crippen LogP) is 2.99. The standard InChI is InChI=1S/C11H12F2O/c1-14-10-4-2-3-7-8(12)5-6-9(13)11(7)10/h5-6,10H,2-4H2,1H3. The SMILES string of the molecule is COC1CCCc2c(F)ccc(F)c21. The smallest absolute Gasteiger partial charge is 0.129 e. The summed E-state index contributed by atoms with van der Waals surface area (Å²) in [5.74, 6) is -0.670. The van der Waals surface area contributed by atoms with E-state index in [4.69, 9.17) is 4.74 Å². The molecule has 0 amide bonds. The average molecular weight is 198 g/mol. The second kappa shape index (κ2) is 3.65. The molecule has 2 rings (SSSR count). The van der Waals surface area contributed by atoms with E-state index in [9.17, 15) is 8.78 Å². The van der Waals surface area contributed by atoms with Crippen LogP contribution in [0.1, 0.15) is 30.1 Å². The molecule has 0 saturated heterocycles. The highest BCUT2D eigenvalue weighted by Gasteiger charge is 2.25. The maximum atomic E-state index is 13.4. The van der Waals surface area contributed by atoms with Crippen LogP contribution in [0.3, 0.4) is 0 Å². The van der Waals surface area contributed by atoms with Crippen molar-refractivity contribution in [1.82, 2.24) is 0 Å². The zero-order chi connectivity index (χ0) is 10.1. The van der Waals surface area contributed by atoms with Crippen molar-refractivity contribution >= 4 is 0 Å². The maximum Gasteiger partial charge on any atom is 0.129 e. The third-order valence-electron chi connectivity index (χ3n) is 2.75. The van der Waals surface area contributed by atoms with Crippen molar-refractivity contribution in [2.45, 2.75) is 25.4 Å². The van der Waals surface area contributed by atoms with E-state index in [1.807, 2.05) is 0 Å². The molecular formula is C11H12F2O. The molecule has 1 unspecified atom stereocenters. The van der Waals surface area contributed by atoms with Crippen LogP contribution in [0, 0.1) is 11.6 Å². The van der Waals surface area contributed by atoms with Crippen molar-refractivity contribution in [3.8, 4) is 0 Å². The fourth-order valence-corrected chi connectivity index (χ4v) is 2.06. The van der Waals surface area contributed by atoms with Crippen molar-refractivity contribution < 1.29 is 13.5 Å². The van der Waals surface area contributed by atoms with Gasteiger partial charge in [0.15, 0.2) is 0 Å². The minimum Gasteiger partial charge on any atom is -0.377 e. The second-order valence-corrected chi connectivity index (χ2v) is 3.54. The zero-order valence-electron chi connectivity index (χ0n) is 8.02. The van der Waals surface area contributed by atoms with Gasteiger partial charge >= 0.3 is 0 Å². The molecule has 1 nitrogen and oxygen atoms in total. The summed E-state index contributed by atoms with van der Waals surface area (Å²) >= 11 is 0. The summed E-state index contributed by atoms with van der Waals surface area (Å²) in [6, 6.07) is 2.36. The molecule has 0 spiro atoms. The number of rotatable bonds is 1. The molecule has 0 radical (unpaired) electrons. The molecule has 1 aliphatic carbocycles. The lowest BCUT2D eigenvalue weighted by molar-refractivity contribution is 0.0840. The first kappa shape index (κ1) is 9.59. The molecule has 14 heavy (non-hydrogen) atoms. The van der Waals surface area contributed by atoms with Crippen LogP contribution in [0.4, 0.5) is 8.78 Å². The summed E-state index contributed by atoms with van der Waals surface area (Å²) in [5.41, 5.74) is 0.904. The van der Waals surface area contributed by atoms with E-state index >= 15 is 0 Å². The number of hydrogen-bond acceptors (Lipinski definition) is 1. The van der Waals surface area contributed by atoms with Crippen LogP contribution in [0.2, 0.25) is 0 Å². The number of benzene rings is 1. The van der Waals surface area contributed by atoms with Gasteiger partial charge in [0, 0.05) is 12.7 Å². The largest absolute Gasteiger partial charge is 0.377 e. The fraction of sp³-hybridized carbons (Fsp3) is 0.455. The van der Waals surface area contributed by atoms with E-state index in [2.05, 4.69) is 0 Å². The summed E-state index contributed by atoms with van der Waals surface area (Å²) in [5, 5.41) is 0. The van der Waals surface area contributed by atoms with E-state index in [0.29, 0.717) is 17.5 Å². The molecule has 0 bridgehead atoms. The van der Waals surface area contributed by atoms with Gasteiger partial charge in [-0.25, -0.2) is 8.78 Å². The van der Waals surface area contributed by atoms with E-state index in [-0.39, 0.29) is 17.7 Å². The van der Waals surface area contributed by atoms with Gasteiger partial charge in [0.05, 0.1) is 6.10 Å². The highest BCUT2D eigenvalue weighted by Crippen LogP contribution is 2.35. The summed E-state index contributed by atoms with van der Waals surface area (Å²) in [6.07, 6.45) is 1.95. The third-order valence-corrected chi connectivity index (χ3v) is 2.75. The quantitative estimate of drug-likeness (QED) is 0.674. The zero-order valence-corrected chi connectivity index (χ0v) is 8.02. The van der Waals surface area contributed by atoms with Gasteiger partial charge in [0.25, 0.3) is 0 Å². The lowest BCUT2D eigenvalue weighted by Gasteiger charge is -2.24. The summed E-state index contributed by atoms with van der Waals surface area (Å²) < 4.78 is 31.9. The number of ether oxygens (including phenoxy) is 1. The topological polar surface area (TPSA) is 9.23 Å². The van der Waals surface area contributed by atoms with Gasteiger partial charge in [-0.15, -0.1) is 0 Å². The lowest BCUT2D eigenvalue weighted by Crippen LogP contribution is -2.15. The maximum absolute atomic E-state index is 13.4. The van der Waals surface area contributed by atoms with Crippen LogP contribution in [0.5, 0.6) is 0 Å². The Balaban J connectivity index is 2.55. The summed E-state index contributed by atoms with van der Waals surface area (Å²) in [7, 11) is 1.53. The number of hydrogen-bond donors (Lipinski definition) is 0. The molecule has 0 aliphatic heterocycles. The van der Waals surface area contributed by atoms with Crippen LogP contribution >= 0.6 is 0 Å². The van der Waals surface area contributed by atoms with Gasteiger partial charge in [-0.3, -0.25) is 0 Å². The number of methoxy groups -OCH3 is 1.